The van der Waals surface area contributed by atoms with Crippen molar-refractivity contribution in [3.05, 3.63) is 52.3 Å². The van der Waals surface area contributed by atoms with Gasteiger partial charge in [0, 0.05) is 0 Å². The molecule has 0 aliphatic heterocycles. The summed E-state index contributed by atoms with van der Waals surface area (Å²) < 4.78 is 23.4. The van der Waals surface area contributed by atoms with Crippen LogP contribution in [-0.4, -0.2) is 10.1 Å². The van der Waals surface area contributed by atoms with Crippen molar-refractivity contribution in [2.24, 2.45) is 0 Å². The molecule has 7 nitrogen and oxygen atoms in total. The molecule has 2 heterocycles. The fourth-order valence-electron chi connectivity index (χ4n) is 1.94. The van der Waals surface area contributed by atoms with Gasteiger partial charge in [0.25, 0.3) is 0 Å². The Morgan fingerprint density at radius 3 is 2.76 bits per heavy atom. The number of anilines is 1. The van der Waals surface area contributed by atoms with Gasteiger partial charge < -0.3 is 14.7 Å². The summed E-state index contributed by atoms with van der Waals surface area (Å²) >= 11 is 0. The molecule has 0 bridgehead atoms. The Bertz CT molecular complexity index is 824. The number of benzene rings is 1. The summed E-state index contributed by atoms with van der Waals surface area (Å²) in [5, 5.41) is 14.2. The number of nitrogen functional groups attached to an aromatic ring is 1. The average molecular weight is 289 g/mol. The van der Waals surface area contributed by atoms with E-state index in [1.807, 2.05) is 0 Å². The van der Waals surface area contributed by atoms with Crippen LogP contribution in [0.15, 0.2) is 45.3 Å². The molecular weight excluding hydrogens is 281 g/mol. The SMILES string of the molecule is Nc1noc(-c2ccc([N+](=O)[O-])o2)c1-c1cccc(F)c1. The van der Waals surface area contributed by atoms with E-state index in [1.165, 1.54) is 30.3 Å². The lowest BCUT2D eigenvalue weighted by Crippen LogP contribution is -1.89. The van der Waals surface area contributed by atoms with E-state index in [2.05, 4.69) is 5.16 Å². The summed E-state index contributed by atoms with van der Waals surface area (Å²) in [4.78, 5) is 9.97. The van der Waals surface area contributed by atoms with Gasteiger partial charge in [-0.2, -0.15) is 0 Å². The first-order valence-electron chi connectivity index (χ1n) is 5.82. The quantitative estimate of drug-likeness (QED) is 0.585. The lowest BCUT2D eigenvalue weighted by atomic mass is 10.0. The maximum atomic E-state index is 13.3. The van der Waals surface area contributed by atoms with E-state index in [9.17, 15) is 14.5 Å². The van der Waals surface area contributed by atoms with Crippen molar-refractivity contribution < 1.29 is 18.3 Å². The highest BCUT2D eigenvalue weighted by Crippen LogP contribution is 2.38. The third-order valence-electron chi connectivity index (χ3n) is 2.83. The van der Waals surface area contributed by atoms with Gasteiger partial charge in [0.1, 0.15) is 10.7 Å². The van der Waals surface area contributed by atoms with Crippen LogP contribution in [0.1, 0.15) is 0 Å². The Kier molecular flexibility index (Phi) is 2.90. The predicted octanol–water partition coefficient (Wildman–Crippen LogP) is 3.23. The first kappa shape index (κ1) is 12.9. The second-order valence-electron chi connectivity index (χ2n) is 4.18. The van der Waals surface area contributed by atoms with Crippen LogP contribution in [0.3, 0.4) is 0 Å². The Labute approximate surface area is 116 Å². The van der Waals surface area contributed by atoms with E-state index in [0.717, 1.165) is 0 Å². The second-order valence-corrected chi connectivity index (χ2v) is 4.18. The van der Waals surface area contributed by atoms with Crippen LogP contribution in [0.25, 0.3) is 22.6 Å². The molecule has 3 aromatic rings. The molecule has 0 fully saturated rings. The molecule has 0 unspecified atom stereocenters. The molecule has 0 atom stereocenters. The number of hydrogen-bond donors (Lipinski definition) is 1. The van der Waals surface area contributed by atoms with Gasteiger partial charge >= 0.3 is 5.88 Å². The average Bonchev–Trinajstić information content (AvgIpc) is 3.05. The van der Waals surface area contributed by atoms with Crippen LogP contribution in [0, 0.1) is 15.9 Å². The minimum absolute atomic E-state index is 0.0367. The highest BCUT2D eigenvalue weighted by molar-refractivity contribution is 5.85. The van der Waals surface area contributed by atoms with Gasteiger partial charge in [-0.15, -0.1) is 0 Å². The molecule has 3 rings (SSSR count). The molecule has 8 heteroatoms. The summed E-state index contributed by atoms with van der Waals surface area (Å²) in [6.45, 7) is 0. The molecule has 0 spiro atoms. The maximum Gasteiger partial charge on any atom is 0.433 e. The van der Waals surface area contributed by atoms with Crippen molar-refractivity contribution in [1.29, 1.82) is 0 Å². The van der Waals surface area contributed by atoms with E-state index in [4.69, 9.17) is 14.7 Å². The number of hydrogen-bond acceptors (Lipinski definition) is 6. The Hall–Kier alpha value is -3.16. The molecule has 2 aromatic heterocycles. The van der Waals surface area contributed by atoms with E-state index < -0.39 is 16.6 Å². The van der Waals surface area contributed by atoms with Gasteiger partial charge in [-0.1, -0.05) is 17.3 Å². The van der Waals surface area contributed by atoms with E-state index in [1.54, 1.807) is 6.07 Å². The molecule has 0 aliphatic rings. The number of nitrogens with two attached hydrogens (primary N) is 1. The minimum Gasteiger partial charge on any atom is -0.397 e. The fraction of sp³-hybridized carbons (Fsp3) is 0. The molecule has 0 radical (unpaired) electrons. The number of rotatable bonds is 3. The first-order valence-corrected chi connectivity index (χ1v) is 5.82. The van der Waals surface area contributed by atoms with Crippen molar-refractivity contribution in [2.75, 3.05) is 5.73 Å². The fourth-order valence-corrected chi connectivity index (χ4v) is 1.94. The van der Waals surface area contributed by atoms with Crippen LogP contribution in [0.4, 0.5) is 16.1 Å². The van der Waals surface area contributed by atoms with Gasteiger partial charge in [-0.25, -0.2) is 4.39 Å². The monoisotopic (exact) mass is 289 g/mol. The predicted molar refractivity (Wildman–Crippen MR) is 70.7 cm³/mol. The van der Waals surface area contributed by atoms with E-state index >= 15 is 0 Å². The Balaban J connectivity index is 2.14. The number of nitro groups is 1. The zero-order chi connectivity index (χ0) is 15.0. The number of nitrogens with zero attached hydrogens (tertiary/aromatic N) is 2. The van der Waals surface area contributed by atoms with Gasteiger partial charge in [-0.05, 0) is 23.8 Å². The third kappa shape index (κ3) is 2.22. The minimum atomic E-state index is -0.676. The van der Waals surface area contributed by atoms with Crippen LogP contribution in [0.2, 0.25) is 0 Å². The molecule has 0 aliphatic carbocycles. The normalized spacial score (nSPS) is 10.7. The Morgan fingerprint density at radius 2 is 2.10 bits per heavy atom. The third-order valence-corrected chi connectivity index (χ3v) is 2.83. The van der Waals surface area contributed by atoms with Crippen molar-refractivity contribution in [1.82, 2.24) is 5.16 Å². The van der Waals surface area contributed by atoms with Crippen LogP contribution in [-0.2, 0) is 0 Å². The number of aromatic nitrogens is 1. The summed E-state index contributed by atoms with van der Waals surface area (Å²) in [5.41, 5.74) is 6.48. The van der Waals surface area contributed by atoms with Gasteiger partial charge in [0.2, 0.25) is 5.76 Å². The summed E-state index contributed by atoms with van der Waals surface area (Å²) in [6.07, 6.45) is 0. The summed E-state index contributed by atoms with van der Waals surface area (Å²) in [5.74, 6) is -0.666. The molecule has 0 saturated heterocycles. The summed E-state index contributed by atoms with van der Waals surface area (Å²) in [6, 6.07) is 8.21. The van der Waals surface area contributed by atoms with E-state index in [0.29, 0.717) is 11.1 Å². The zero-order valence-electron chi connectivity index (χ0n) is 10.4. The Morgan fingerprint density at radius 1 is 1.29 bits per heavy atom. The van der Waals surface area contributed by atoms with Crippen molar-refractivity contribution >= 4 is 11.7 Å². The van der Waals surface area contributed by atoms with Gasteiger partial charge in [0.05, 0.1) is 11.6 Å². The van der Waals surface area contributed by atoms with Crippen LogP contribution < -0.4 is 5.73 Å². The lowest BCUT2D eigenvalue weighted by molar-refractivity contribution is -0.401. The molecule has 21 heavy (non-hydrogen) atoms. The standard InChI is InChI=1S/C13H8FN3O4/c14-8-3-1-2-7(6-8)11-12(21-16-13(11)15)9-4-5-10(20-9)17(18)19/h1-6H,(H2,15,16). The maximum absolute atomic E-state index is 13.3. The smallest absolute Gasteiger partial charge is 0.397 e. The van der Waals surface area contributed by atoms with Gasteiger partial charge in [-0.3, -0.25) is 10.1 Å². The van der Waals surface area contributed by atoms with E-state index in [-0.39, 0.29) is 17.3 Å². The van der Waals surface area contributed by atoms with Crippen LogP contribution in [0.5, 0.6) is 0 Å². The largest absolute Gasteiger partial charge is 0.433 e. The topological polar surface area (TPSA) is 108 Å². The van der Waals surface area contributed by atoms with Crippen molar-refractivity contribution in [3.63, 3.8) is 0 Å². The molecular formula is C13H8FN3O4. The molecule has 0 saturated carbocycles. The molecule has 0 amide bonds. The molecule has 106 valence electrons. The van der Waals surface area contributed by atoms with Crippen molar-refractivity contribution in [2.45, 2.75) is 0 Å². The zero-order valence-corrected chi connectivity index (χ0v) is 10.4. The second kappa shape index (κ2) is 4.75. The summed E-state index contributed by atoms with van der Waals surface area (Å²) in [7, 11) is 0. The number of furan rings is 1. The number of halogens is 1. The first-order chi connectivity index (χ1) is 10.1. The van der Waals surface area contributed by atoms with Crippen molar-refractivity contribution in [3.8, 4) is 22.6 Å². The molecule has 1 aromatic carbocycles. The van der Waals surface area contributed by atoms with Crippen LogP contribution >= 0.6 is 0 Å². The highest BCUT2D eigenvalue weighted by atomic mass is 19.1. The lowest BCUT2D eigenvalue weighted by Gasteiger charge is -2.00. The van der Waals surface area contributed by atoms with Gasteiger partial charge in [0.15, 0.2) is 11.6 Å². The molecule has 2 N–H and O–H groups in total. The highest BCUT2D eigenvalue weighted by Gasteiger charge is 2.23.